The number of benzene rings is 1. The summed E-state index contributed by atoms with van der Waals surface area (Å²) in [6.07, 6.45) is 3.24. The van der Waals surface area contributed by atoms with Crippen molar-refractivity contribution in [3.8, 4) is 0 Å². The van der Waals surface area contributed by atoms with E-state index in [1.165, 1.54) is 24.0 Å². The van der Waals surface area contributed by atoms with Crippen LogP contribution in [-0.2, 0) is 13.1 Å². The van der Waals surface area contributed by atoms with Gasteiger partial charge in [0.25, 0.3) is 0 Å². The highest BCUT2D eigenvalue weighted by Crippen LogP contribution is 2.41. The topological polar surface area (TPSA) is 23.5 Å². The minimum atomic E-state index is -0.104. The summed E-state index contributed by atoms with van der Waals surface area (Å²) >= 11 is 0. The van der Waals surface area contributed by atoms with Crippen LogP contribution in [0.4, 0.5) is 0 Å². The van der Waals surface area contributed by atoms with Gasteiger partial charge in [0.1, 0.15) is 0 Å². The third-order valence-electron chi connectivity index (χ3n) is 5.57. The van der Waals surface area contributed by atoms with Gasteiger partial charge in [0.05, 0.1) is 6.10 Å². The molecule has 1 aromatic rings. The van der Waals surface area contributed by atoms with Gasteiger partial charge in [-0.1, -0.05) is 45.0 Å². The Morgan fingerprint density at radius 1 is 1.10 bits per heavy atom. The Balaban J connectivity index is 1.62. The summed E-state index contributed by atoms with van der Waals surface area (Å²) in [6, 6.07) is 8.75. The lowest BCUT2D eigenvalue weighted by atomic mass is 9.68. The molecule has 1 aliphatic carbocycles. The molecule has 0 saturated heterocycles. The molecular formula is C19H29NO. The van der Waals surface area contributed by atoms with E-state index >= 15 is 0 Å². The lowest BCUT2D eigenvalue weighted by Gasteiger charge is -2.41. The normalized spacial score (nSPS) is 30.4. The van der Waals surface area contributed by atoms with Crippen molar-refractivity contribution < 1.29 is 5.11 Å². The van der Waals surface area contributed by atoms with Crippen LogP contribution in [0.2, 0.25) is 0 Å². The molecule has 21 heavy (non-hydrogen) atoms. The highest BCUT2D eigenvalue weighted by molar-refractivity contribution is 5.30. The second kappa shape index (κ2) is 5.73. The maximum Gasteiger partial charge on any atom is 0.0580 e. The van der Waals surface area contributed by atoms with Crippen LogP contribution >= 0.6 is 0 Å². The van der Waals surface area contributed by atoms with E-state index in [1.807, 2.05) is 0 Å². The van der Waals surface area contributed by atoms with Gasteiger partial charge in [-0.3, -0.25) is 4.90 Å². The van der Waals surface area contributed by atoms with Crippen LogP contribution in [0.5, 0.6) is 0 Å². The van der Waals surface area contributed by atoms with Crippen LogP contribution in [0.3, 0.4) is 0 Å². The molecule has 116 valence electrons. The van der Waals surface area contributed by atoms with Crippen LogP contribution in [0.1, 0.15) is 51.2 Å². The molecule has 1 fully saturated rings. The maximum atomic E-state index is 10.4. The van der Waals surface area contributed by atoms with Crippen molar-refractivity contribution in [3.05, 3.63) is 35.4 Å². The summed E-state index contributed by atoms with van der Waals surface area (Å²) in [5.74, 6) is 1.19. The molecule has 1 N–H and O–H groups in total. The predicted octanol–water partition coefficient (Wildman–Crippen LogP) is 3.83. The highest BCUT2D eigenvalue weighted by Gasteiger charge is 2.36. The lowest BCUT2D eigenvalue weighted by molar-refractivity contribution is 0.00259. The number of aliphatic hydroxyl groups is 1. The Bertz CT molecular complexity index is 466. The molecule has 0 spiro atoms. The number of rotatable bonds is 2. The SMILES string of the molecule is CC(C)(C)C1CCC(O)C(CN2Cc3ccccc3C2)C1. The van der Waals surface area contributed by atoms with E-state index in [0.717, 1.165) is 32.0 Å². The second-order valence-corrected chi connectivity index (χ2v) is 8.14. The third kappa shape index (κ3) is 3.32. The molecule has 2 aliphatic rings. The van der Waals surface area contributed by atoms with Gasteiger partial charge in [-0.2, -0.15) is 0 Å². The molecule has 1 aliphatic heterocycles. The number of fused-ring (bicyclic) bond motifs is 1. The molecule has 0 aromatic heterocycles. The number of hydrogen-bond acceptors (Lipinski definition) is 2. The molecule has 0 radical (unpaired) electrons. The van der Waals surface area contributed by atoms with Crippen molar-refractivity contribution in [1.29, 1.82) is 0 Å². The van der Waals surface area contributed by atoms with Crippen molar-refractivity contribution in [2.45, 2.75) is 59.2 Å². The maximum absolute atomic E-state index is 10.4. The van der Waals surface area contributed by atoms with Crippen LogP contribution in [0, 0.1) is 17.3 Å². The van der Waals surface area contributed by atoms with Gasteiger partial charge in [0.15, 0.2) is 0 Å². The van der Waals surface area contributed by atoms with Crippen LogP contribution in [0.15, 0.2) is 24.3 Å². The Hall–Kier alpha value is -0.860. The number of hydrogen-bond donors (Lipinski definition) is 1. The van der Waals surface area contributed by atoms with Crippen LogP contribution in [-0.4, -0.2) is 22.7 Å². The largest absolute Gasteiger partial charge is 0.393 e. The van der Waals surface area contributed by atoms with Crippen molar-refractivity contribution in [2.24, 2.45) is 17.3 Å². The first kappa shape index (κ1) is 15.1. The molecule has 0 amide bonds. The van der Waals surface area contributed by atoms with E-state index in [0.29, 0.717) is 11.3 Å². The quantitative estimate of drug-likeness (QED) is 0.893. The Labute approximate surface area is 129 Å². The van der Waals surface area contributed by atoms with E-state index in [9.17, 15) is 5.11 Å². The summed E-state index contributed by atoms with van der Waals surface area (Å²) in [7, 11) is 0. The average Bonchev–Trinajstić information content (AvgIpc) is 2.82. The molecule has 1 heterocycles. The fourth-order valence-electron chi connectivity index (χ4n) is 4.10. The van der Waals surface area contributed by atoms with E-state index in [2.05, 4.69) is 49.9 Å². The van der Waals surface area contributed by atoms with Gasteiger partial charge >= 0.3 is 0 Å². The Morgan fingerprint density at radius 3 is 2.29 bits per heavy atom. The smallest absolute Gasteiger partial charge is 0.0580 e. The first-order chi connectivity index (χ1) is 9.93. The van der Waals surface area contributed by atoms with Crippen LogP contribution in [0.25, 0.3) is 0 Å². The zero-order chi connectivity index (χ0) is 15.0. The first-order valence-corrected chi connectivity index (χ1v) is 8.40. The van der Waals surface area contributed by atoms with E-state index in [4.69, 9.17) is 0 Å². The Morgan fingerprint density at radius 2 is 1.71 bits per heavy atom. The van der Waals surface area contributed by atoms with Crippen LogP contribution < -0.4 is 0 Å². The number of aliphatic hydroxyl groups excluding tert-OH is 1. The summed E-state index contributed by atoms with van der Waals surface area (Å²) in [5, 5.41) is 10.4. The minimum Gasteiger partial charge on any atom is -0.393 e. The van der Waals surface area contributed by atoms with Gasteiger partial charge in [-0.25, -0.2) is 0 Å². The van der Waals surface area contributed by atoms with Gasteiger partial charge < -0.3 is 5.11 Å². The molecule has 3 atom stereocenters. The van der Waals surface area contributed by atoms with Crippen molar-refractivity contribution in [3.63, 3.8) is 0 Å². The lowest BCUT2D eigenvalue weighted by Crippen LogP contribution is -2.40. The zero-order valence-corrected chi connectivity index (χ0v) is 13.7. The highest BCUT2D eigenvalue weighted by atomic mass is 16.3. The van der Waals surface area contributed by atoms with Crippen molar-refractivity contribution >= 4 is 0 Å². The van der Waals surface area contributed by atoms with Gasteiger partial charge in [-0.05, 0) is 47.6 Å². The average molecular weight is 287 g/mol. The first-order valence-electron chi connectivity index (χ1n) is 8.40. The summed E-state index contributed by atoms with van der Waals surface area (Å²) in [5.41, 5.74) is 3.30. The molecule has 1 saturated carbocycles. The second-order valence-electron chi connectivity index (χ2n) is 8.14. The third-order valence-corrected chi connectivity index (χ3v) is 5.57. The van der Waals surface area contributed by atoms with E-state index in [-0.39, 0.29) is 6.10 Å². The molecule has 3 unspecified atom stereocenters. The zero-order valence-electron chi connectivity index (χ0n) is 13.7. The van der Waals surface area contributed by atoms with E-state index < -0.39 is 0 Å². The Kier molecular flexibility index (Phi) is 4.11. The predicted molar refractivity (Wildman–Crippen MR) is 86.8 cm³/mol. The fraction of sp³-hybridized carbons (Fsp3) is 0.684. The fourth-order valence-corrected chi connectivity index (χ4v) is 4.10. The summed E-state index contributed by atoms with van der Waals surface area (Å²) < 4.78 is 0. The van der Waals surface area contributed by atoms with Gasteiger partial charge in [0.2, 0.25) is 0 Å². The van der Waals surface area contributed by atoms with Crippen molar-refractivity contribution in [1.82, 2.24) is 4.90 Å². The molecule has 0 bridgehead atoms. The number of nitrogens with zero attached hydrogens (tertiary/aromatic N) is 1. The molecule has 2 heteroatoms. The molecule has 3 rings (SSSR count). The minimum absolute atomic E-state index is 0.104. The molecule has 1 aromatic carbocycles. The van der Waals surface area contributed by atoms with Gasteiger partial charge in [-0.15, -0.1) is 0 Å². The van der Waals surface area contributed by atoms with Crippen molar-refractivity contribution in [2.75, 3.05) is 6.54 Å². The summed E-state index contributed by atoms with van der Waals surface area (Å²) in [6.45, 7) is 10.2. The monoisotopic (exact) mass is 287 g/mol. The van der Waals surface area contributed by atoms with Gasteiger partial charge in [0, 0.05) is 19.6 Å². The molecule has 2 nitrogen and oxygen atoms in total. The van der Waals surface area contributed by atoms with E-state index in [1.54, 1.807) is 0 Å². The molecular weight excluding hydrogens is 258 g/mol. The standard InChI is InChI=1S/C19H29NO/c1-19(2,3)17-8-9-18(21)16(10-17)13-20-11-14-6-4-5-7-15(14)12-20/h4-7,16-18,21H,8-13H2,1-3H3. The summed E-state index contributed by atoms with van der Waals surface area (Å²) in [4.78, 5) is 2.52.